The van der Waals surface area contributed by atoms with Gasteiger partial charge in [-0.15, -0.1) is 0 Å². The van der Waals surface area contributed by atoms with Crippen molar-refractivity contribution in [3.63, 3.8) is 0 Å². The number of methoxy groups -OCH3 is 1. The lowest BCUT2D eigenvalue weighted by molar-refractivity contribution is -0.151. The summed E-state index contributed by atoms with van der Waals surface area (Å²) in [7, 11) is 1.30. The predicted molar refractivity (Wildman–Crippen MR) is 78.5 cm³/mol. The Labute approximate surface area is 128 Å². The molecule has 21 heavy (non-hydrogen) atoms. The van der Waals surface area contributed by atoms with Crippen molar-refractivity contribution < 1.29 is 19.1 Å². The topological polar surface area (TPSA) is 55.8 Å². The first-order valence-corrected chi connectivity index (χ1v) is 7.19. The van der Waals surface area contributed by atoms with E-state index in [4.69, 9.17) is 16.3 Å². The van der Waals surface area contributed by atoms with Gasteiger partial charge in [-0.25, -0.2) is 0 Å². The molecular weight excluding hydrogens is 294 g/mol. The van der Waals surface area contributed by atoms with Crippen molar-refractivity contribution in [3.05, 3.63) is 29.3 Å². The van der Waals surface area contributed by atoms with Crippen LogP contribution in [0.3, 0.4) is 0 Å². The third kappa shape index (κ3) is 4.44. The van der Waals surface area contributed by atoms with Gasteiger partial charge in [-0.3, -0.25) is 14.5 Å². The highest BCUT2D eigenvalue weighted by molar-refractivity contribution is 6.30. The Hall–Kier alpha value is -1.59. The fourth-order valence-electron chi connectivity index (χ4n) is 2.27. The summed E-state index contributed by atoms with van der Waals surface area (Å²) in [5.74, 6) is -0.420. The number of carbonyl (C=O) groups is 2. The fraction of sp³-hybridized carbons (Fsp3) is 0.467. The van der Waals surface area contributed by atoms with Gasteiger partial charge in [0.15, 0.2) is 0 Å². The number of benzene rings is 1. The van der Waals surface area contributed by atoms with Crippen molar-refractivity contribution in [1.29, 1.82) is 0 Å². The summed E-state index contributed by atoms with van der Waals surface area (Å²) < 4.78 is 10.3. The van der Waals surface area contributed by atoms with E-state index in [1.807, 2.05) is 4.90 Å². The van der Waals surface area contributed by atoms with Crippen LogP contribution < -0.4 is 4.74 Å². The molecule has 0 amide bonds. The molecule has 0 spiro atoms. The average Bonchev–Trinajstić information content (AvgIpc) is 2.50. The van der Waals surface area contributed by atoms with Crippen molar-refractivity contribution in [2.24, 2.45) is 5.92 Å². The molecule has 0 aromatic heterocycles. The Kier molecular flexibility index (Phi) is 5.59. The van der Waals surface area contributed by atoms with Gasteiger partial charge in [0.1, 0.15) is 24.1 Å². The molecule has 1 fully saturated rings. The van der Waals surface area contributed by atoms with E-state index in [2.05, 4.69) is 4.74 Å². The van der Waals surface area contributed by atoms with E-state index in [1.165, 1.54) is 7.11 Å². The lowest BCUT2D eigenvalue weighted by Crippen LogP contribution is -2.45. The van der Waals surface area contributed by atoms with Crippen LogP contribution >= 0.6 is 11.6 Å². The van der Waals surface area contributed by atoms with Gasteiger partial charge in [-0.2, -0.15) is 0 Å². The van der Waals surface area contributed by atoms with Crippen LogP contribution in [0.15, 0.2) is 24.3 Å². The molecule has 0 aliphatic carbocycles. The van der Waals surface area contributed by atoms with Crippen LogP contribution in [0.2, 0.25) is 5.02 Å². The molecule has 1 aliphatic rings. The number of Topliss-reactive ketones (excluding diaryl/α,β-unsaturated/α-hetero) is 1. The smallest absolute Gasteiger partial charge is 0.317 e. The maximum absolute atomic E-state index is 11.7. The summed E-state index contributed by atoms with van der Waals surface area (Å²) in [6.07, 6.45) is 0.376. The standard InChI is InChI=1S/C15H18ClNO4/c1-20-15(19)13-10-17(7-6-14(13)18)8-9-21-12-4-2-11(16)3-5-12/h2-5,13H,6-10H2,1H3. The predicted octanol–water partition coefficient (Wildman–Crippen LogP) is 1.78. The summed E-state index contributed by atoms with van der Waals surface area (Å²) in [6.45, 7) is 2.19. The van der Waals surface area contributed by atoms with Crippen molar-refractivity contribution in [2.45, 2.75) is 6.42 Å². The van der Waals surface area contributed by atoms with E-state index < -0.39 is 11.9 Å². The first kappa shape index (κ1) is 15.8. The minimum Gasteiger partial charge on any atom is -0.492 e. The SMILES string of the molecule is COC(=O)C1CN(CCOc2ccc(Cl)cc2)CCC1=O. The number of halogens is 1. The monoisotopic (exact) mass is 311 g/mol. The van der Waals surface area contributed by atoms with Crippen LogP contribution in [0.4, 0.5) is 0 Å². The Balaban J connectivity index is 1.79. The van der Waals surface area contributed by atoms with Gasteiger partial charge < -0.3 is 9.47 Å². The van der Waals surface area contributed by atoms with Crippen LogP contribution in [-0.2, 0) is 14.3 Å². The second-order valence-corrected chi connectivity index (χ2v) is 5.33. The molecule has 1 aliphatic heterocycles. The molecule has 1 atom stereocenters. The number of nitrogens with zero attached hydrogens (tertiary/aromatic N) is 1. The molecule has 1 unspecified atom stereocenters. The highest BCUT2D eigenvalue weighted by Gasteiger charge is 2.33. The summed E-state index contributed by atoms with van der Waals surface area (Å²) in [5, 5.41) is 0.665. The number of ether oxygens (including phenoxy) is 2. The summed E-state index contributed by atoms with van der Waals surface area (Å²) in [6, 6.07) is 7.14. The molecule has 0 radical (unpaired) electrons. The second-order valence-electron chi connectivity index (χ2n) is 4.90. The van der Waals surface area contributed by atoms with Gasteiger partial charge in [0.2, 0.25) is 0 Å². The highest BCUT2D eigenvalue weighted by atomic mass is 35.5. The molecule has 1 saturated heterocycles. The molecule has 0 bridgehead atoms. The lowest BCUT2D eigenvalue weighted by atomic mass is 9.97. The molecule has 1 heterocycles. The Bertz CT molecular complexity index is 495. The quantitative estimate of drug-likeness (QED) is 0.613. The van der Waals surface area contributed by atoms with E-state index in [1.54, 1.807) is 24.3 Å². The number of piperidine rings is 1. The number of esters is 1. The zero-order valence-corrected chi connectivity index (χ0v) is 12.6. The minimum absolute atomic E-state index is 0.0447. The molecule has 1 aromatic carbocycles. The molecule has 114 valence electrons. The molecular formula is C15H18ClNO4. The first-order chi connectivity index (χ1) is 10.1. The average molecular weight is 312 g/mol. The molecule has 1 aromatic rings. The summed E-state index contributed by atoms with van der Waals surface area (Å²) >= 11 is 5.80. The van der Waals surface area contributed by atoms with E-state index in [0.29, 0.717) is 37.7 Å². The molecule has 2 rings (SSSR count). The number of ketones is 1. The summed E-state index contributed by atoms with van der Waals surface area (Å²) in [5.41, 5.74) is 0. The number of hydrogen-bond donors (Lipinski definition) is 0. The van der Waals surface area contributed by atoms with Crippen molar-refractivity contribution in [2.75, 3.05) is 33.4 Å². The van der Waals surface area contributed by atoms with Crippen molar-refractivity contribution in [1.82, 2.24) is 4.90 Å². The molecule has 6 heteroatoms. The Morgan fingerprint density at radius 3 is 2.76 bits per heavy atom. The maximum Gasteiger partial charge on any atom is 0.317 e. The number of carbonyl (C=O) groups excluding carboxylic acids is 2. The van der Waals surface area contributed by atoms with E-state index in [-0.39, 0.29) is 5.78 Å². The maximum atomic E-state index is 11.7. The first-order valence-electron chi connectivity index (χ1n) is 6.81. The van der Waals surface area contributed by atoms with Crippen LogP contribution in [0.1, 0.15) is 6.42 Å². The van der Waals surface area contributed by atoms with Gasteiger partial charge in [0, 0.05) is 31.1 Å². The second kappa shape index (κ2) is 7.43. The zero-order chi connectivity index (χ0) is 15.2. The normalized spacial score (nSPS) is 19.3. The lowest BCUT2D eigenvalue weighted by Gasteiger charge is -2.30. The minimum atomic E-state index is -0.667. The third-order valence-electron chi connectivity index (χ3n) is 3.48. The van der Waals surface area contributed by atoms with Gasteiger partial charge in [-0.05, 0) is 24.3 Å². The molecule has 5 nitrogen and oxygen atoms in total. The molecule has 0 saturated carbocycles. The van der Waals surface area contributed by atoms with E-state index in [0.717, 1.165) is 5.75 Å². The fourth-order valence-corrected chi connectivity index (χ4v) is 2.39. The number of hydrogen-bond acceptors (Lipinski definition) is 5. The Morgan fingerprint density at radius 2 is 2.10 bits per heavy atom. The summed E-state index contributed by atoms with van der Waals surface area (Å²) in [4.78, 5) is 25.3. The van der Waals surface area contributed by atoms with Crippen LogP contribution in [0, 0.1) is 5.92 Å². The van der Waals surface area contributed by atoms with E-state index in [9.17, 15) is 9.59 Å². The van der Waals surface area contributed by atoms with Gasteiger partial charge in [0.25, 0.3) is 0 Å². The molecule has 0 N–H and O–H groups in total. The van der Waals surface area contributed by atoms with Gasteiger partial charge in [-0.1, -0.05) is 11.6 Å². The van der Waals surface area contributed by atoms with Crippen molar-refractivity contribution >= 4 is 23.4 Å². The largest absolute Gasteiger partial charge is 0.492 e. The number of rotatable bonds is 5. The van der Waals surface area contributed by atoms with Crippen LogP contribution in [0.25, 0.3) is 0 Å². The Morgan fingerprint density at radius 1 is 1.38 bits per heavy atom. The van der Waals surface area contributed by atoms with Crippen molar-refractivity contribution in [3.8, 4) is 5.75 Å². The zero-order valence-electron chi connectivity index (χ0n) is 11.9. The van der Waals surface area contributed by atoms with Gasteiger partial charge in [0.05, 0.1) is 7.11 Å². The third-order valence-corrected chi connectivity index (χ3v) is 3.73. The van der Waals surface area contributed by atoms with Crippen LogP contribution in [-0.4, -0.2) is 50.0 Å². The van der Waals surface area contributed by atoms with E-state index >= 15 is 0 Å². The highest BCUT2D eigenvalue weighted by Crippen LogP contribution is 2.17. The van der Waals surface area contributed by atoms with Crippen LogP contribution in [0.5, 0.6) is 5.75 Å². The van der Waals surface area contributed by atoms with Gasteiger partial charge >= 0.3 is 5.97 Å². The number of likely N-dealkylation sites (tertiary alicyclic amines) is 1.